The third kappa shape index (κ3) is 6.84. The first kappa shape index (κ1) is 20.5. The lowest BCUT2D eigenvalue weighted by atomic mass is 10.2. The minimum atomic E-state index is 0.613. The fraction of sp³-hybridized carbons (Fsp3) is 0.450. The first-order chi connectivity index (χ1) is 12.7. The first-order valence-electron chi connectivity index (χ1n) is 9.07. The van der Waals surface area contributed by atoms with Crippen LogP contribution >= 0.6 is 15.9 Å². The zero-order valence-corrected chi connectivity index (χ0v) is 17.0. The van der Waals surface area contributed by atoms with Gasteiger partial charge in [0.1, 0.15) is 0 Å². The summed E-state index contributed by atoms with van der Waals surface area (Å²) >= 11 is 3.63. The monoisotopic (exact) mass is 422 g/mol. The van der Waals surface area contributed by atoms with Gasteiger partial charge in [0.2, 0.25) is 5.88 Å². The Morgan fingerprint density at radius 2 is 1.88 bits per heavy atom. The lowest BCUT2D eigenvalue weighted by Gasteiger charge is -2.15. The van der Waals surface area contributed by atoms with Crippen molar-refractivity contribution in [1.29, 1.82) is 0 Å². The van der Waals surface area contributed by atoms with Crippen LogP contribution in [-0.2, 0) is 6.54 Å². The molecule has 5 nitrogen and oxygen atoms in total. The van der Waals surface area contributed by atoms with Gasteiger partial charge in [-0.1, -0.05) is 28.9 Å². The molecule has 0 bridgehead atoms. The van der Waals surface area contributed by atoms with E-state index in [2.05, 4.69) is 33.2 Å². The Bertz CT molecular complexity index is 653. The molecule has 0 aliphatic carbocycles. The molecule has 0 fully saturated rings. The van der Waals surface area contributed by atoms with Gasteiger partial charge < -0.3 is 19.5 Å². The number of benzene rings is 1. The summed E-state index contributed by atoms with van der Waals surface area (Å²) in [4.78, 5) is 4.14. The maximum absolute atomic E-state index is 5.78. The molecule has 0 aliphatic rings. The number of pyridine rings is 1. The molecule has 0 unspecified atom stereocenters. The molecule has 0 spiro atoms. The zero-order valence-electron chi connectivity index (χ0n) is 15.5. The normalized spacial score (nSPS) is 10.6. The Labute approximate surface area is 164 Å². The van der Waals surface area contributed by atoms with E-state index in [9.17, 15) is 0 Å². The van der Waals surface area contributed by atoms with E-state index in [0.29, 0.717) is 25.7 Å². The van der Waals surface area contributed by atoms with E-state index in [1.807, 2.05) is 37.3 Å². The second-order valence-corrected chi connectivity index (χ2v) is 6.57. The molecule has 2 rings (SSSR count). The molecule has 6 heteroatoms. The van der Waals surface area contributed by atoms with Gasteiger partial charge in [0.15, 0.2) is 11.5 Å². The van der Waals surface area contributed by atoms with E-state index in [4.69, 9.17) is 14.2 Å². The van der Waals surface area contributed by atoms with E-state index in [1.54, 1.807) is 6.20 Å². The van der Waals surface area contributed by atoms with Crippen LogP contribution < -0.4 is 19.5 Å². The second kappa shape index (κ2) is 11.8. The number of nitrogens with one attached hydrogen (secondary N) is 1. The fourth-order valence-electron chi connectivity index (χ4n) is 2.34. The third-order valence-corrected chi connectivity index (χ3v) is 4.31. The van der Waals surface area contributed by atoms with E-state index in [1.165, 1.54) is 0 Å². The minimum absolute atomic E-state index is 0.613. The Balaban J connectivity index is 1.79. The number of aromatic nitrogens is 1. The number of halogens is 1. The summed E-state index contributed by atoms with van der Waals surface area (Å²) in [6.07, 6.45) is 3.60. The van der Waals surface area contributed by atoms with E-state index < -0.39 is 0 Å². The topological polar surface area (TPSA) is 52.6 Å². The van der Waals surface area contributed by atoms with E-state index in [0.717, 1.165) is 47.5 Å². The van der Waals surface area contributed by atoms with Crippen molar-refractivity contribution in [2.24, 2.45) is 0 Å². The van der Waals surface area contributed by atoms with Crippen LogP contribution in [-0.4, -0.2) is 31.3 Å². The van der Waals surface area contributed by atoms with Gasteiger partial charge in [0.05, 0.1) is 19.8 Å². The predicted octanol–water partition coefficient (Wildman–Crippen LogP) is 4.59. The fourth-order valence-corrected chi connectivity index (χ4v) is 2.80. The lowest BCUT2D eigenvalue weighted by molar-refractivity contribution is 0.276. The number of hydrogen-bond acceptors (Lipinski definition) is 5. The highest BCUT2D eigenvalue weighted by atomic mass is 79.9. The molecular weight excluding hydrogens is 396 g/mol. The molecule has 0 aliphatic heterocycles. The summed E-state index contributed by atoms with van der Waals surface area (Å²) < 4.78 is 18.1. The zero-order chi connectivity index (χ0) is 18.6. The lowest BCUT2D eigenvalue weighted by Crippen LogP contribution is -2.17. The SMILES string of the molecule is CCCOc1cc(Br)c(CNCCCOc2ccccn2)cc1OCC. The van der Waals surface area contributed by atoms with Crippen LogP contribution in [0.15, 0.2) is 41.0 Å². The van der Waals surface area contributed by atoms with Gasteiger partial charge in [-0.15, -0.1) is 0 Å². The van der Waals surface area contributed by atoms with Gasteiger partial charge in [-0.05, 0) is 50.1 Å². The quantitative estimate of drug-likeness (QED) is 0.506. The van der Waals surface area contributed by atoms with Gasteiger partial charge in [0.25, 0.3) is 0 Å². The van der Waals surface area contributed by atoms with Crippen molar-refractivity contribution in [2.75, 3.05) is 26.4 Å². The third-order valence-electron chi connectivity index (χ3n) is 3.58. The van der Waals surface area contributed by atoms with E-state index in [-0.39, 0.29) is 0 Å². The van der Waals surface area contributed by atoms with Gasteiger partial charge >= 0.3 is 0 Å². The smallest absolute Gasteiger partial charge is 0.213 e. The highest BCUT2D eigenvalue weighted by Crippen LogP contribution is 2.34. The van der Waals surface area contributed by atoms with Crippen LogP contribution in [0.25, 0.3) is 0 Å². The van der Waals surface area contributed by atoms with Crippen LogP contribution in [0.1, 0.15) is 32.3 Å². The molecule has 2 aromatic rings. The summed E-state index contributed by atoms with van der Waals surface area (Å²) in [5.74, 6) is 2.24. The molecule has 1 N–H and O–H groups in total. The van der Waals surface area contributed by atoms with Crippen molar-refractivity contribution in [3.8, 4) is 17.4 Å². The average Bonchev–Trinajstić information content (AvgIpc) is 2.66. The number of rotatable bonds is 12. The average molecular weight is 423 g/mol. The molecule has 26 heavy (non-hydrogen) atoms. The van der Waals surface area contributed by atoms with Gasteiger partial charge in [-0.25, -0.2) is 4.98 Å². The summed E-state index contributed by atoms with van der Waals surface area (Å²) in [5, 5.41) is 3.43. The maximum Gasteiger partial charge on any atom is 0.213 e. The molecule has 1 aromatic heterocycles. The van der Waals surface area contributed by atoms with Crippen LogP contribution in [0.2, 0.25) is 0 Å². The predicted molar refractivity (Wildman–Crippen MR) is 107 cm³/mol. The van der Waals surface area contributed by atoms with Crippen molar-refractivity contribution >= 4 is 15.9 Å². The number of ether oxygens (including phenoxy) is 3. The molecular formula is C20H27BrN2O3. The van der Waals surface area contributed by atoms with Crippen molar-refractivity contribution in [3.05, 3.63) is 46.6 Å². The number of hydrogen-bond donors (Lipinski definition) is 1. The molecule has 1 heterocycles. The Morgan fingerprint density at radius 3 is 2.62 bits per heavy atom. The highest BCUT2D eigenvalue weighted by Gasteiger charge is 2.10. The molecule has 0 radical (unpaired) electrons. The summed E-state index contributed by atoms with van der Waals surface area (Å²) in [6, 6.07) is 9.68. The molecule has 0 amide bonds. The van der Waals surface area contributed by atoms with Crippen LogP contribution in [0.4, 0.5) is 0 Å². The highest BCUT2D eigenvalue weighted by molar-refractivity contribution is 9.10. The first-order valence-corrected chi connectivity index (χ1v) is 9.86. The molecule has 0 atom stereocenters. The Kier molecular flexibility index (Phi) is 9.28. The second-order valence-electron chi connectivity index (χ2n) is 5.72. The molecule has 1 aromatic carbocycles. The Hall–Kier alpha value is -1.79. The van der Waals surface area contributed by atoms with Gasteiger partial charge in [0, 0.05) is 23.3 Å². The van der Waals surface area contributed by atoms with Crippen molar-refractivity contribution < 1.29 is 14.2 Å². The van der Waals surface area contributed by atoms with E-state index >= 15 is 0 Å². The van der Waals surface area contributed by atoms with Crippen molar-refractivity contribution in [1.82, 2.24) is 10.3 Å². The summed E-state index contributed by atoms with van der Waals surface area (Å²) in [7, 11) is 0. The molecule has 142 valence electrons. The minimum Gasteiger partial charge on any atom is -0.490 e. The Morgan fingerprint density at radius 1 is 1.04 bits per heavy atom. The number of nitrogens with zero attached hydrogens (tertiary/aromatic N) is 1. The summed E-state index contributed by atoms with van der Waals surface area (Å²) in [6.45, 7) is 7.60. The van der Waals surface area contributed by atoms with Crippen LogP contribution in [0, 0.1) is 0 Å². The van der Waals surface area contributed by atoms with Gasteiger partial charge in [-0.2, -0.15) is 0 Å². The van der Waals surface area contributed by atoms with Gasteiger partial charge in [-0.3, -0.25) is 0 Å². The van der Waals surface area contributed by atoms with Crippen molar-refractivity contribution in [3.63, 3.8) is 0 Å². The standard InChI is InChI=1S/C20H27BrN2O3/c1-3-11-25-19-14-17(21)16(13-18(19)24-4-2)15-22-9-7-12-26-20-8-5-6-10-23-20/h5-6,8,10,13-14,22H,3-4,7,9,11-12,15H2,1-2H3. The largest absolute Gasteiger partial charge is 0.490 e. The van der Waals surface area contributed by atoms with Crippen molar-refractivity contribution in [2.45, 2.75) is 33.2 Å². The molecule has 0 saturated carbocycles. The summed E-state index contributed by atoms with van der Waals surface area (Å²) in [5.41, 5.74) is 1.14. The van der Waals surface area contributed by atoms with Crippen LogP contribution in [0.5, 0.6) is 17.4 Å². The maximum atomic E-state index is 5.78. The van der Waals surface area contributed by atoms with Crippen LogP contribution in [0.3, 0.4) is 0 Å². The molecule has 0 saturated heterocycles.